The number of halogens is 1. The lowest BCUT2D eigenvalue weighted by Gasteiger charge is -2.38. The monoisotopic (exact) mass is 542 g/mol. The highest BCUT2D eigenvalue weighted by molar-refractivity contribution is 7.99. The van der Waals surface area contributed by atoms with Crippen LogP contribution in [0.4, 0.5) is 0 Å². The van der Waals surface area contributed by atoms with Gasteiger partial charge in [0.1, 0.15) is 5.75 Å². The zero-order chi connectivity index (χ0) is 26.2. The summed E-state index contributed by atoms with van der Waals surface area (Å²) in [5.74, 6) is 1.36. The van der Waals surface area contributed by atoms with Crippen molar-refractivity contribution < 1.29 is 19.7 Å². The number of aliphatic carboxylic acids is 1. The van der Waals surface area contributed by atoms with Crippen LogP contribution in [0, 0.1) is 11.8 Å². The number of rotatable bonds is 12. The number of hydrogen-bond donors (Lipinski definition) is 2. The molecule has 2 heterocycles. The molecular formula is C29H35ClN2O4S. The van der Waals surface area contributed by atoms with Crippen LogP contribution in [-0.2, 0) is 4.79 Å². The van der Waals surface area contributed by atoms with E-state index >= 15 is 0 Å². The Morgan fingerprint density at radius 1 is 1.24 bits per heavy atom. The molecule has 0 saturated carbocycles. The molecule has 198 valence electrons. The van der Waals surface area contributed by atoms with Gasteiger partial charge in [-0.1, -0.05) is 17.7 Å². The summed E-state index contributed by atoms with van der Waals surface area (Å²) in [5, 5.41) is 22.3. The Balaban J connectivity index is 1.31. The number of piperidine rings is 1. The maximum Gasteiger partial charge on any atom is 0.303 e. The third-order valence-corrected chi connectivity index (χ3v) is 8.56. The number of carbonyl (C=O) groups is 1. The first kappa shape index (κ1) is 27.7. The fourth-order valence-corrected chi connectivity index (χ4v) is 6.47. The second-order valence-electron chi connectivity index (χ2n) is 9.74. The van der Waals surface area contributed by atoms with Crippen molar-refractivity contribution in [1.29, 1.82) is 0 Å². The van der Waals surface area contributed by atoms with E-state index in [1.165, 1.54) is 4.90 Å². The van der Waals surface area contributed by atoms with Crippen molar-refractivity contribution in [2.24, 2.45) is 11.8 Å². The summed E-state index contributed by atoms with van der Waals surface area (Å²) in [6, 6.07) is 15.5. The summed E-state index contributed by atoms with van der Waals surface area (Å²) < 4.78 is 5.36. The van der Waals surface area contributed by atoms with Crippen LogP contribution < -0.4 is 4.74 Å². The Labute approximate surface area is 228 Å². The van der Waals surface area contributed by atoms with Gasteiger partial charge in [0.25, 0.3) is 0 Å². The summed E-state index contributed by atoms with van der Waals surface area (Å²) in [7, 11) is 1.63. The number of carboxylic acids is 1. The average Bonchev–Trinajstić information content (AvgIpc) is 2.89. The van der Waals surface area contributed by atoms with Crippen molar-refractivity contribution in [1.82, 2.24) is 9.88 Å². The van der Waals surface area contributed by atoms with Gasteiger partial charge in [-0.2, -0.15) is 0 Å². The van der Waals surface area contributed by atoms with Crippen LogP contribution in [0.2, 0.25) is 5.02 Å². The lowest BCUT2D eigenvalue weighted by Crippen LogP contribution is -2.42. The number of benzene rings is 2. The first-order chi connectivity index (χ1) is 17.9. The van der Waals surface area contributed by atoms with Crippen LogP contribution in [0.5, 0.6) is 5.75 Å². The molecule has 0 spiro atoms. The normalized spacial score (nSPS) is 19.1. The molecule has 1 aliphatic rings. The number of aliphatic hydroxyl groups excluding tert-OH is 1. The summed E-state index contributed by atoms with van der Waals surface area (Å²) in [6.07, 6.45) is 4.65. The van der Waals surface area contributed by atoms with Crippen LogP contribution in [-0.4, -0.2) is 58.6 Å². The van der Waals surface area contributed by atoms with E-state index in [1.54, 1.807) is 25.1 Å². The second kappa shape index (κ2) is 13.5. The molecule has 0 amide bonds. The highest BCUT2D eigenvalue weighted by Crippen LogP contribution is 2.35. The summed E-state index contributed by atoms with van der Waals surface area (Å²) in [4.78, 5) is 19.6. The van der Waals surface area contributed by atoms with Gasteiger partial charge in [0.2, 0.25) is 0 Å². The van der Waals surface area contributed by atoms with E-state index < -0.39 is 12.1 Å². The molecule has 1 fully saturated rings. The number of nitrogens with zero attached hydrogens (tertiary/aromatic N) is 2. The van der Waals surface area contributed by atoms with Crippen molar-refractivity contribution in [3.8, 4) is 5.75 Å². The number of thioether (sulfide) groups is 1. The summed E-state index contributed by atoms with van der Waals surface area (Å²) >= 11 is 7.88. The number of aliphatic hydroxyl groups is 1. The van der Waals surface area contributed by atoms with Crippen molar-refractivity contribution in [2.45, 2.75) is 43.1 Å². The minimum absolute atomic E-state index is 0.0910. The summed E-state index contributed by atoms with van der Waals surface area (Å²) in [6.45, 7) is 2.72. The Bertz CT molecular complexity index is 1190. The fourth-order valence-electron chi connectivity index (χ4n) is 5.32. The van der Waals surface area contributed by atoms with Gasteiger partial charge in [0.05, 0.1) is 18.7 Å². The number of aromatic nitrogens is 1. The molecule has 0 radical (unpaired) electrons. The Kier molecular flexibility index (Phi) is 10.1. The second-order valence-corrected chi connectivity index (χ2v) is 11.3. The Morgan fingerprint density at radius 3 is 2.89 bits per heavy atom. The number of pyridine rings is 1. The molecular weight excluding hydrogens is 508 g/mol. The predicted molar refractivity (Wildman–Crippen MR) is 150 cm³/mol. The Hall–Kier alpha value is -2.32. The quantitative estimate of drug-likeness (QED) is 0.205. The molecule has 0 aliphatic carbocycles. The van der Waals surface area contributed by atoms with Crippen LogP contribution in [0.15, 0.2) is 59.6 Å². The van der Waals surface area contributed by atoms with E-state index in [0.29, 0.717) is 6.42 Å². The minimum Gasteiger partial charge on any atom is -0.497 e. The molecule has 8 heteroatoms. The highest BCUT2D eigenvalue weighted by atomic mass is 35.5. The maximum atomic E-state index is 11.6. The molecule has 37 heavy (non-hydrogen) atoms. The average molecular weight is 543 g/mol. The minimum atomic E-state index is -0.749. The SMILES string of the molecule is COc1ccc2nccc(C(O)CC[C@@H]3CCN(CCCSc4cccc(Cl)c4)C[C@@H]3CC(=O)O)c2c1. The van der Waals surface area contributed by atoms with Crippen LogP contribution in [0.1, 0.15) is 43.8 Å². The van der Waals surface area contributed by atoms with Gasteiger partial charge < -0.3 is 19.8 Å². The molecule has 2 aromatic carbocycles. The van der Waals surface area contributed by atoms with Gasteiger partial charge in [0.15, 0.2) is 0 Å². The molecule has 4 rings (SSSR count). The number of likely N-dealkylation sites (tertiary alicyclic amines) is 1. The van der Waals surface area contributed by atoms with E-state index in [9.17, 15) is 15.0 Å². The molecule has 1 unspecified atom stereocenters. The standard InChI is InChI=1S/C29H35ClN2O4S/c1-36-23-7-8-27-26(18-23)25(10-12-31-27)28(33)9-6-20-11-14-32(19-21(20)16-29(34)35)13-3-15-37-24-5-2-4-22(30)17-24/h2,4-5,7-8,10,12,17-18,20-21,28,33H,3,6,9,11,13-16,19H2,1H3,(H,34,35)/t20-,21+,28?/m1/s1. The van der Waals surface area contributed by atoms with Crippen molar-refractivity contribution in [3.05, 3.63) is 65.3 Å². The number of ether oxygens (including phenoxy) is 1. The van der Waals surface area contributed by atoms with E-state index in [-0.39, 0.29) is 18.3 Å². The third-order valence-electron chi connectivity index (χ3n) is 7.25. The molecule has 1 aliphatic heterocycles. The summed E-state index contributed by atoms with van der Waals surface area (Å²) in [5.41, 5.74) is 1.66. The number of carboxylic acid groups (broad SMARTS) is 1. The number of fused-ring (bicyclic) bond motifs is 1. The van der Waals surface area contributed by atoms with Gasteiger partial charge in [0, 0.05) is 34.5 Å². The van der Waals surface area contributed by atoms with Crippen LogP contribution in [0.3, 0.4) is 0 Å². The van der Waals surface area contributed by atoms with Gasteiger partial charge in [-0.25, -0.2) is 0 Å². The number of hydrogen-bond acceptors (Lipinski definition) is 6. The lowest BCUT2D eigenvalue weighted by atomic mass is 9.79. The van der Waals surface area contributed by atoms with Crippen LogP contribution in [0.25, 0.3) is 10.9 Å². The van der Waals surface area contributed by atoms with Gasteiger partial charge in [-0.05, 0) is 104 Å². The smallest absolute Gasteiger partial charge is 0.303 e. The van der Waals surface area contributed by atoms with E-state index in [1.807, 2.05) is 42.5 Å². The molecule has 0 bridgehead atoms. The van der Waals surface area contributed by atoms with E-state index in [0.717, 1.165) is 71.9 Å². The van der Waals surface area contributed by atoms with Crippen molar-refractivity contribution in [2.75, 3.05) is 32.5 Å². The van der Waals surface area contributed by atoms with E-state index in [2.05, 4.69) is 16.0 Å². The molecule has 1 aromatic heterocycles. The molecule has 1 saturated heterocycles. The molecule has 2 N–H and O–H groups in total. The first-order valence-corrected chi connectivity index (χ1v) is 14.2. The van der Waals surface area contributed by atoms with E-state index in [4.69, 9.17) is 16.3 Å². The zero-order valence-electron chi connectivity index (χ0n) is 21.2. The van der Waals surface area contributed by atoms with Gasteiger partial charge in [-0.3, -0.25) is 9.78 Å². The first-order valence-electron chi connectivity index (χ1n) is 12.9. The fraction of sp³-hybridized carbons (Fsp3) is 0.448. The Morgan fingerprint density at radius 2 is 2.11 bits per heavy atom. The maximum absolute atomic E-state index is 11.6. The molecule has 6 nitrogen and oxygen atoms in total. The van der Waals surface area contributed by atoms with Crippen molar-refractivity contribution in [3.63, 3.8) is 0 Å². The lowest BCUT2D eigenvalue weighted by molar-refractivity contribution is -0.139. The largest absolute Gasteiger partial charge is 0.497 e. The molecule has 3 aromatic rings. The third kappa shape index (κ3) is 7.84. The van der Waals surface area contributed by atoms with Crippen LogP contribution >= 0.6 is 23.4 Å². The van der Waals surface area contributed by atoms with Gasteiger partial charge >= 0.3 is 5.97 Å². The highest BCUT2D eigenvalue weighted by Gasteiger charge is 2.31. The zero-order valence-corrected chi connectivity index (χ0v) is 22.8. The molecule has 3 atom stereocenters. The van der Waals surface area contributed by atoms with Gasteiger partial charge in [-0.15, -0.1) is 11.8 Å². The predicted octanol–water partition coefficient (Wildman–Crippen LogP) is 6.31. The van der Waals surface area contributed by atoms with Crippen molar-refractivity contribution >= 4 is 40.2 Å². The number of methoxy groups -OCH3 is 1. The topological polar surface area (TPSA) is 82.9 Å².